The van der Waals surface area contributed by atoms with Gasteiger partial charge < -0.3 is 0 Å². The maximum Gasteiger partial charge on any atom is -0.0809 e. The molecule has 0 aliphatic heterocycles. The first-order valence-electron chi connectivity index (χ1n) is 6.50. The van der Waals surface area contributed by atoms with Crippen LogP contribution in [0.3, 0.4) is 0 Å². The van der Waals surface area contributed by atoms with Gasteiger partial charge in [-0.1, -0.05) is 12.1 Å². The van der Waals surface area contributed by atoms with Crippen LogP contribution in [0.5, 0.6) is 0 Å². The average Bonchev–Trinajstić information content (AvgIpc) is 3.18. The van der Waals surface area contributed by atoms with Gasteiger partial charge in [-0.05, 0) is 0 Å². The summed E-state index contributed by atoms with van der Waals surface area (Å²) in [5.74, 6) is 0. The summed E-state index contributed by atoms with van der Waals surface area (Å²) < 4.78 is 3.34. The van der Waals surface area contributed by atoms with Crippen molar-refractivity contribution in [1.82, 2.24) is 0 Å². The Hall–Kier alpha value is -1.59. The topological polar surface area (TPSA) is 0 Å². The average molecular weight is 336 g/mol. The number of hydrogen-bond acceptors (Lipinski definition) is 0. The first kappa shape index (κ1) is 14.8. The van der Waals surface area contributed by atoms with Gasteiger partial charge in [0.25, 0.3) is 0 Å². The van der Waals surface area contributed by atoms with Crippen molar-refractivity contribution in [3.05, 3.63) is 84.9 Å². The van der Waals surface area contributed by atoms with Gasteiger partial charge in [-0.15, -0.1) is 59.3 Å². The smallest absolute Gasteiger partial charge is 0.0809 e. The first-order chi connectivity index (χ1) is 9.93. The van der Waals surface area contributed by atoms with Gasteiger partial charge in [0.2, 0.25) is 0 Å². The Balaban J connectivity index is 0.000000131. The third-order valence-corrected chi connectivity index (χ3v) is 3.10. The predicted molar refractivity (Wildman–Crippen MR) is 86.2 cm³/mol. The molecular weight excluding hydrogens is 319 g/mol. The van der Waals surface area contributed by atoms with E-state index in [1.54, 1.807) is 0 Å². The minimum Gasteiger partial charge on any atom is -0.168 e. The van der Waals surface area contributed by atoms with Crippen molar-refractivity contribution in [2.24, 2.45) is 0 Å². The molecule has 4 aromatic carbocycles. The molecule has 0 unspecified atom stereocenters. The monoisotopic (exact) mass is 334 g/mol. The molecule has 0 aliphatic carbocycles. The molecule has 0 aliphatic rings. The van der Waals surface area contributed by atoms with E-state index < -0.39 is 0 Å². The molecule has 0 amide bonds. The number of rotatable bonds is 0. The maximum atomic E-state index is 3.34. The number of fused-ring (bicyclic) bond motifs is 2. The molecule has 4 aromatic rings. The standard InChI is InChI=1S/2C9H7.CH2.Zr/c2*1-2-5-9-7-3-6-8(9)4-1;;/h2*1-7H;1H2;/q2*-1;;+2. The van der Waals surface area contributed by atoms with Crippen LogP contribution in [0, 0.1) is 0 Å². The molecule has 96 valence electrons. The van der Waals surface area contributed by atoms with Crippen molar-refractivity contribution >= 4 is 25.8 Å². The minimum absolute atomic E-state index is 1.30. The van der Waals surface area contributed by atoms with E-state index in [4.69, 9.17) is 0 Å². The third-order valence-electron chi connectivity index (χ3n) is 3.10. The summed E-state index contributed by atoms with van der Waals surface area (Å²) in [4.78, 5) is 0. The Morgan fingerprint density at radius 2 is 1.00 bits per heavy atom. The largest absolute Gasteiger partial charge is 0.168 e. The van der Waals surface area contributed by atoms with E-state index in [9.17, 15) is 0 Å². The molecule has 0 bridgehead atoms. The van der Waals surface area contributed by atoms with E-state index in [2.05, 4.69) is 89.1 Å². The molecule has 4 rings (SSSR count). The van der Waals surface area contributed by atoms with Gasteiger partial charge in [-0.25, -0.2) is 0 Å². The Kier molecular flexibility index (Phi) is 5.83. The van der Waals surface area contributed by atoms with Crippen LogP contribution in [0.1, 0.15) is 0 Å². The minimum atomic E-state index is 1.30. The van der Waals surface area contributed by atoms with Crippen LogP contribution >= 0.6 is 0 Å². The van der Waals surface area contributed by atoms with Gasteiger partial charge in [-0.3, -0.25) is 0 Å². The van der Waals surface area contributed by atoms with Crippen LogP contribution in [0.15, 0.2) is 84.9 Å². The first-order valence-corrected chi connectivity index (χ1v) is 8.23. The Morgan fingerprint density at radius 1 is 0.600 bits per heavy atom. The molecule has 0 saturated carbocycles. The zero-order valence-corrected chi connectivity index (χ0v) is 13.7. The van der Waals surface area contributed by atoms with Crippen molar-refractivity contribution < 1.29 is 24.2 Å². The van der Waals surface area contributed by atoms with Crippen LogP contribution in [0.4, 0.5) is 0 Å². The molecule has 1 heteroatoms. The van der Waals surface area contributed by atoms with E-state index in [-0.39, 0.29) is 0 Å². The van der Waals surface area contributed by atoms with Gasteiger partial charge in [0.05, 0.1) is 0 Å². The molecule has 0 heterocycles. The number of benzene rings is 2. The fourth-order valence-electron chi connectivity index (χ4n) is 2.14. The van der Waals surface area contributed by atoms with Gasteiger partial charge in [-0.2, -0.15) is 35.0 Å². The normalized spacial score (nSPS) is 9.50. The van der Waals surface area contributed by atoms with Crippen LogP contribution in [0.25, 0.3) is 21.5 Å². The molecular formula is C19H16Zr. The summed E-state index contributed by atoms with van der Waals surface area (Å²) >= 11 is 1.30. The maximum absolute atomic E-state index is 3.34. The summed E-state index contributed by atoms with van der Waals surface area (Å²) in [6, 6.07) is 29.3. The molecule has 0 radical (unpaired) electrons. The van der Waals surface area contributed by atoms with Crippen molar-refractivity contribution in [3.8, 4) is 0 Å². The van der Waals surface area contributed by atoms with E-state index in [1.807, 2.05) is 0 Å². The summed E-state index contributed by atoms with van der Waals surface area (Å²) in [5.41, 5.74) is 0. The van der Waals surface area contributed by atoms with Crippen molar-refractivity contribution in [2.45, 2.75) is 0 Å². The van der Waals surface area contributed by atoms with E-state index in [0.29, 0.717) is 0 Å². The molecule has 0 nitrogen and oxygen atoms in total. The zero-order chi connectivity index (χ0) is 14.2. The summed E-state index contributed by atoms with van der Waals surface area (Å²) in [6.45, 7) is 0. The summed E-state index contributed by atoms with van der Waals surface area (Å²) in [6.07, 6.45) is 0. The molecule has 0 spiro atoms. The quantitative estimate of drug-likeness (QED) is 0.393. The second kappa shape index (κ2) is 7.87. The Labute approximate surface area is 134 Å². The van der Waals surface area contributed by atoms with Crippen LogP contribution < -0.4 is 0 Å². The fraction of sp³-hybridized carbons (Fsp3) is 0. The SMILES string of the molecule is [CH2]=[Zr+2].c1ccc2[cH-]ccc2c1.c1ccc2[cH-]ccc2c1. The summed E-state index contributed by atoms with van der Waals surface area (Å²) in [7, 11) is 0. The molecule has 0 N–H and O–H groups in total. The molecule has 0 fully saturated rings. The van der Waals surface area contributed by atoms with Gasteiger partial charge in [0.1, 0.15) is 0 Å². The molecule has 0 aromatic heterocycles. The van der Waals surface area contributed by atoms with E-state index >= 15 is 0 Å². The number of hydrogen-bond donors (Lipinski definition) is 0. The fourth-order valence-corrected chi connectivity index (χ4v) is 2.14. The van der Waals surface area contributed by atoms with Crippen LogP contribution in [0.2, 0.25) is 0 Å². The molecule has 20 heavy (non-hydrogen) atoms. The van der Waals surface area contributed by atoms with Crippen LogP contribution in [-0.4, -0.2) is 4.21 Å². The summed E-state index contributed by atoms with van der Waals surface area (Å²) in [5, 5.41) is 5.32. The Bertz CT molecular complexity index is 635. The third kappa shape index (κ3) is 3.71. The molecule has 0 saturated heterocycles. The zero-order valence-electron chi connectivity index (χ0n) is 11.3. The van der Waals surface area contributed by atoms with Gasteiger partial charge >= 0.3 is 28.4 Å². The van der Waals surface area contributed by atoms with Gasteiger partial charge in [0, 0.05) is 0 Å². The van der Waals surface area contributed by atoms with E-state index in [0.717, 1.165) is 0 Å². The van der Waals surface area contributed by atoms with Gasteiger partial charge in [0.15, 0.2) is 0 Å². The molecule has 0 atom stereocenters. The Morgan fingerprint density at radius 3 is 1.40 bits per heavy atom. The van der Waals surface area contributed by atoms with Crippen LogP contribution in [-0.2, 0) is 24.2 Å². The second-order valence-corrected chi connectivity index (χ2v) is 4.31. The van der Waals surface area contributed by atoms with Crippen molar-refractivity contribution in [2.75, 3.05) is 0 Å². The second-order valence-electron chi connectivity index (χ2n) is 4.31. The van der Waals surface area contributed by atoms with Crippen molar-refractivity contribution in [1.29, 1.82) is 0 Å². The van der Waals surface area contributed by atoms with E-state index in [1.165, 1.54) is 45.8 Å². The van der Waals surface area contributed by atoms with Crippen molar-refractivity contribution in [3.63, 3.8) is 0 Å². The predicted octanol–water partition coefficient (Wildman–Crippen LogP) is 5.08.